The first-order valence-corrected chi connectivity index (χ1v) is 14.9. The number of hydrogen-bond acceptors (Lipinski definition) is 7. The van der Waals surface area contributed by atoms with Gasteiger partial charge in [0.05, 0.1) is 11.1 Å². The molecule has 0 fully saturated rings. The van der Waals surface area contributed by atoms with Gasteiger partial charge in [-0.3, -0.25) is 4.72 Å². The Hall–Kier alpha value is -4.16. The highest BCUT2D eigenvalue weighted by molar-refractivity contribution is 7.92. The van der Waals surface area contributed by atoms with Gasteiger partial charge in [-0.25, -0.2) is 9.78 Å². The molecule has 3 aromatic rings. The van der Waals surface area contributed by atoms with E-state index in [2.05, 4.69) is 9.71 Å². The molecule has 1 aliphatic heterocycles. The zero-order valence-corrected chi connectivity index (χ0v) is 23.4. The Morgan fingerprint density at radius 3 is 2.50 bits per heavy atom. The summed E-state index contributed by atoms with van der Waals surface area (Å²) in [5.41, 5.74) is 1.78. The molecule has 2 N–H and O–H groups in total. The molecule has 0 saturated carbocycles. The zero-order chi connectivity index (χ0) is 28.8. The van der Waals surface area contributed by atoms with Crippen LogP contribution in [-0.2, 0) is 26.0 Å². The number of hydrogen-bond donors (Lipinski definition) is 2. The van der Waals surface area contributed by atoms with E-state index in [4.69, 9.17) is 10.00 Å². The Kier molecular flexibility index (Phi) is 8.90. The minimum Gasteiger partial charge on any atom is -0.512 e. The highest BCUT2D eigenvalue weighted by Crippen LogP contribution is 2.42. The van der Waals surface area contributed by atoms with Gasteiger partial charge >= 0.3 is 5.97 Å². The normalized spacial score (nSPS) is 18.1. The van der Waals surface area contributed by atoms with Crippen LogP contribution in [-0.4, -0.2) is 30.1 Å². The molecule has 0 spiro atoms. The molecule has 0 bridgehead atoms. The molecule has 0 aliphatic carbocycles. The summed E-state index contributed by atoms with van der Waals surface area (Å²) in [7, 11) is -4.01. The third-order valence-electron chi connectivity index (χ3n) is 7.19. The van der Waals surface area contributed by atoms with Gasteiger partial charge in [-0.2, -0.15) is 13.7 Å². The first-order valence-electron chi connectivity index (χ1n) is 13.4. The molecule has 0 amide bonds. The summed E-state index contributed by atoms with van der Waals surface area (Å²) in [6.07, 6.45) is 4.70. The third kappa shape index (κ3) is 6.52. The molecule has 2 heterocycles. The number of aliphatic hydroxyl groups is 1. The lowest BCUT2D eigenvalue weighted by Gasteiger charge is -2.38. The highest BCUT2D eigenvalue weighted by Gasteiger charge is 2.43. The minimum absolute atomic E-state index is 0.0254. The van der Waals surface area contributed by atoms with E-state index >= 15 is 0 Å². The number of sulfonamides is 1. The van der Waals surface area contributed by atoms with Crippen molar-refractivity contribution in [2.75, 3.05) is 4.72 Å². The van der Waals surface area contributed by atoms with E-state index in [1.165, 1.54) is 18.3 Å². The Labute approximate surface area is 235 Å². The molecule has 4 rings (SSSR count). The smallest absolute Gasteiger partial charge is 0.338 e. The number of aliphatic hydroxyl groups excluding tert-OH is 1. The quantitative estimate of drug-likeness (QED) is 0.268. The number of benzene rings is 2. The van der Waals surface area contributed by atoms with E-state index in [-0.39, 0.29) is 34.0 Å². The van der Waals surface area contributed by atoms with Gasteiger partial charge in [-0.05, 0) is 61.1 Å². The molecule has 0 unspecified atom stereocenters. The van der Waals surface area contributed by atoms with E-state index < -0.39 is 27.5 Å². The van der Waals surface area contributed by atoms with Crippen LogP contribution in [0.25, 0.3) is 0 Å². The molecule has 0 saturated heterocycles. The van der Waals surface area contributed by atoms with Crippen LogP contribution in [0.1, 0.15) is 68.6 Å². The Morgan fingerprint density at radius 2 is 1.88 bits per heavy atom. The minimum atomic E-state index is -4.01. The van der Waals surface area contributed by atoms with Crippen molar-refractivity contribution in [3.8, 4) is 6.07 Å². The molecule has 1 aromatic heterocycles. The van der Waals surface area contributed by atoms with Gasteiger partial charge in [0.2, 0.25) is 0 Å². The zero-order valence-electron chi connectivity index (χ0n) is 22.6. The van der Waals surface area contributed by atoms with Crippen LogP contribution in [0, 0.1) is 11.3 Å². The van der Waals surface area contributed by atoms with Crippen LogP contribution in [0.5, 0.6) is 0 Å². The monoisotopic (exact) mass is 559 g/mol. The predicted octanol–water partition coefficient (Wildman–Crippen LogP) is 6.18. The van der Waals surface area contributed by atoms with Gasteiger partial charge < -0.3 is 9.84 Å². The highest BCUT2D eigenvalue weighted by atomic mass is 32.2. The van der Waals surface area contributed by atoms with Gasteiger partial charge in [-0.1, -0.05) is 62.7 Å². The second-order valence-electron chi connectivity index (χ2n) is 10.0. The molecular formula is C31H33N3O5S. The lowest BCUT2D eigenvalue weighted by Crippen LogP contribution is -2.41. The molecule has 40 heavy (non-hydrogen) atoms. The number of cyclic esters (lactones) is 1. The fourth-order valence-corrected chi connectivity index (χ4v) is 6.24. The van der Waals surface area contributed by atoms with Gasteiger partial charge in [0, 0.05) is 24.2 Å². The fourth-order valence-electron chi connectivity index (χ4n) is 5.26. The SMILES string of the molecule is CCC[C@]1(CCc2ccccc2)CC(O)=C([C@H](CC)c2cccc(NS(=O)(=O)c3ccc(C#N)cn3)c2)C(=O)O1. The molecule has 2 aromatic carbocycles. The lowest BCUT2D eigenvalue weighted by molar-refractivity contribution is -0.161. The summed E-state index contributed by atoms with van der Waals surface area (Å²) >= 11 is 0. The number of carbonyl (C=O) groups excluding carboxylic acids is 1. The predicted molar refractivity (Wildman–Crippen MR) is 152 cm³/mol. The van der Waals surface area contributed by atoms with Crippen molar-refractivity contribution in [1.82, 2.24) is 4.98 Å². The topological polar surface area (TPSA) is 129 Å². The number of aryl methyl sites for hydroxylation is 1. The molecule has 0 radical (unpaired) electrons. The number of rotatable bonds is 11. The summed E-state index contributed by atoms with van der Waals surface area (Å²) in [6.45, 7) is 3.93. The molecule has 208 valence electrons. The molecule has 9 heteroatoms. The van der Waals surface area contributed by atoms with Crippen molar-refractivity contribution in [2.45, 2.75) is 68.9 Å². The van der Waals surface area contributed by atoms with Crippen LogP contribution >= 0.6 is 0 Å². The number of nitrogens with zero attached hydrogens (tertiary/aromatic N) is 2. The van der Waals surface area contributed by atoms with E-state index in [1.807, 2.05) is 50.2 Å². The van der Waals surface area contributed by atoms with E-state index in [9.17, 15) is 18.3 Å². The largest absolute Gasteiger partial charge is 0.512 e. The molecule has 2 atom stereocenters. The number of nitriles is 1. The van der Waals surface area contributed by atoms with Crippen molar-refractivity contribution in [2.24, 2.45) is 0 Å². The number of anilines is 1. The second-order valence-corrected chi connectivity index (χ2v) is 11.7. The Morgan fingerprint density at radius 1 is 1.10 bits per heavy atom. The number of nitrogens with one attached hydrogen (secondary N) is 1. The summed E-state index contributed by atoms with van der Waals surface area (Å²) in [4.78, 5) is 17.3. The van der Waals surface area contributed by atoms with Crippen molar-refractivity contribution in [3.05, 3.63) is 101 Å². The number of ether oxygens (including phenoxy) is 1. The lowest BCUT2D eigenvalue weighted by atomic mass is 9.80. The first-order chi connectivity index (χ1) is 19.2. The van der Waals surface area contributed by atoms with E-state index in [1.54, 1.807) is 24.3 Å². The van der Waals surface area contributed by atoms with E-state index in [0.717, 1.165) is 18.4 Å². The van der Waals surface area contributed by atoms with Crippen LogP contribution in [0.3, 0.4) is 0 Å². The number of esters is 1. The number of carbonyl (C=O) groups is 1. The van der Waals surface area contributed by atoms with Crippen LogP contribution in [0.15, 0.2) is 89.3 Å². The third-order valence-corrected chi connectivity index (χ3v) is 8.48. The maximum atomic E-state index is 13.4. The first kappa shape index (κ1) is 28.8. The van der Waals surface area contributed by atoms with E-state index in [0.29, 0.717) is 24.8 Å². The Balaban J connectivity index is 1.58. The maximum absolute atomic E-state index is 13.4. The fraction of sp³-hybridized carbons (Fsp3) is 0.323. The van der Waals surface area contributed by atoms with Crippen molar-refractivity contribution >= 4 is 21.7 Å². The summed E-state index contributed by atoms with van der Waals surface area (Å²) in [5, 5.41) is 20.0. The molecule has 8 nitrogen and oxygen atoms in total. The second kappa shape index (κ2) is 12.3. The standard InChI is InChI=1S/C31H33N3O5S/c1-3-16-31(17-15-22-9-6-5-7-10-22)19-27(35)29(30(36)39-31)26(4-2)24-11-8-12-25(18-24)34-40(37,38)28-14-13-23(20-32)21-33-28/h5-14,18,21,26,34-35H,3-4,15-17,19H2,1-2H3/t26-,31+/m1/s1. The average Bonchev–Trinajstić information content (AvgIpc) is 2.94. The van der Waals surface area contributed by atoms with Crippen molar-refractivity contribution in [3.63, 3.8) is 0 Å². The Bertz CT molecular complexity index is 1530. The van der Waals surface area contributed by atoms with Crippen LogP contribution in [0.4, 0.5) is 5.69 Å². The van der Waals surface area contributed by atoms with Crippen LogP contribution in [0.2, 0.25) is 0 Å². The van der Waals surface area contributed by atoms with Gasteiger partial charge in [0.15, 0.2) is 5.03 Å². The van der Waals surface area contributed by atoms with Crippen molar-refractivity contribution < 1.29 is 23.1 Å². The summed E-state index contributed by atoms with van der Waals surface area (Å²) in [5.74, 6) is -0.999. The summed E-state index contributed by atoms with van der Waals surface area (Å²) < 4.78 is 34.4. The molecule has 1 aliphatic rings. The number of aromatic nitrogens is 1. The van der Waals surface area contributed by atoms with Gasteiger partial charge in [-0.15, -0.1) is 0 Å². The summed E-state index contributed by atoms with van der Waals surface area (Å²) in [6, 6.07) is 21.3. The van der Waals surface area contributed by atoms with Gasteiger partial charge in [0.1, 0.15) is 17.4 Å². The van der Waals surface area contributed by atoms with Crippen LogP contribution < -0.4 is 4.72 Å². The number of pyridine rings is 1. The van der Waals surface area contributed by atoms with Gasteiger partial charge in [0.25, 0.3) is 10.0 Å². The average molecular weight is 560 g/mol. The molecular weight excluding hydrogens is 526 g/mol. The van der Waals surface area contributed by atoms with Crippen molar-refractivity contribution in [1.29, 1.82) is 5.26 Å². The maximum Gasteiger partial charge on any atom is 0.338 e.